The second-order valence-electron chi connectivity index (χ2n) is 7.05. The van der Waals surface area contributed by atoms with Gasteiger partial charge in [-0.3, -0.25) is 4.79 Å². The van der Waals surface area contributed by atoms with Gasteiger partial charge in [0.2, 0.25) is 0 Å². The van der Waals surface area contributed by atoms with Gasteiger partial charge < -0.3 is 10.2 Å². The zero-order valence-electron chi connectivity index (χ0n) is 16.1. The van der Waals surface area contributed by atoms with Gasteiger partial charge in [0.1, 0.15) is 0 Å². The maximum atomic E-state index is 13.0. The van der Waals surface area contributed by atoms with E-state index >= 15 is 0 Å². The number of likely N-dealkylation sites (N-methyl/N-ethyl adjacent to an activating group) is 1. The molecule has 0 atom stereocenters. The van der Waals surface area contributed by atoms with E-state index in [-0.39, 0.29) is 5.91 Å². The van der Waals surface area contributed by atoms with Gasteiger partial charge in [-0.15, -0.1) is 0 Å². The largest absolute Gasteiger partial charge is 0.351 e. The Balaban J connectivity index is 2.13. The van der Waals surface area contributed by atoms with Crippen LogP contribution in [0.25, 0.3) is 22.2 Å². The number of fused-ring (bicyclic) bond motifs is 1. The second kappa shape index (κ2) is 8.07. The van der Waals surface area contributed by atoms with E-state index in [1.165, 1.54) is 5.56 Å². The number of aryl methyl sites for hydroxylation is 1. The van der Waals surface area contributed by atoms with Crippen LogP contribution in [0.15, 0.2) is 42.5 Å². The number of nitrogens with zero attached hydrogens (tertiary/aromatic N) is 2. The number of rotatable bonds is 5. The summed E-state index contributed by atoms with van der Waals surface area (Å²) < 4.78 is 0. The molecule has 0 saturated carbocycles. The molecule has 0 radical (unpaired) electrons. The van der Waals surface area contributed by atoms with Crippen LogP contribution in [0.3, 0.4) is 0 Å². The summed E-state index contributed by atoms with van der Waals surface area (Å²) in [5.74, 6) is -0.0996. The lowest BCUT2D eigenvalue weighted by Crippen LogP contribution is -2.32. The maximum absolute atomic E-state index is 13.0. The highest BCUT2D eigenvalue weighted by Crippen LogP contribution is 2.31. The van der Waals surface area contributed by atoms with Crippen LogP contribution in [-0.2, 0) is 0 Å². The van der Waals surface area contributed by atoms with Crippen LogP contribution in [0.1, 0.15) is 21.5 Å². The average Bonchev–Trinajstić information content (AvgIpc) is 2.61. The second-order valence-corrected chi connectivity index (χ2v) is 7.48. The quantitative estimate of drug-likeness (QED) is 0.709. The minimum absolute atomic E-state index is 0.0996. The molecule has 0 aliphatic carbocycles. The van der Waals surface area contributed by atoms with E-state index in [0.29, 0.717) is 17.1 Å². The van der Waals surface area contributed by atoms with Gasteiger partial charge in [-0.1, -0.05) is 41.4 Å². The van der Waals surface area contributed by atoms with Crippen molar-refractivity contribution in [2.75, 3.05) is 27.2 Å². The Morgan fingerprint density at radius 2 is 1.81 bits per heavy atom. The summed E-state index contributed by atoms with van der Waals surface area (Å²) in [5.41, 5.74) is 5.26. The van der Waals surface area contributed by atoms with Crippen molar-refractivity contribution in [1.82, 2.24) is 15.2 Å². The fourth-order valence-electron chi connectivity index (χ4n) is 3.10. The van der Waals surface area contributed by atoms with E-state index in [4.69, 9.17) is 16.6 Å². The molecule has 27 heavy (non-hydrogen) atoms. The molecule has 3 aromatic rings. The smallest absolute Gasteiger partial charge is 0.252 e. The van der Waals surface area contributed by atoms with Gasteiger partial charge in [0.05, 0.1) is 16.8 Å². The molecule has 3 rings (SSSR count). The molecule has 140 valence electrons. The van der Waals surface area contributed by atoms with Crippen molar-refractivity contribution < 1.29 is 4.79 Å². The minimum Gasteiger partial charge on any atom is -0.351 e. The summed E-state index contributed by atoms with van der Waals surface area (Å²) in [6.45, 7) is 5.36. The molecule has 0 spiro atoms. The van der Waals surface area contributed by atoms with Crippen molar-refractivity contribution in [3.63, 3.8) is 0 Å². The number of halogens is 1. The number of amides is 1. The third kappa shape index (κ3) is 4.29. The molecule has 0 aliphatic rings. The van der Waals surface area contributed by atoms with Crippen LogP contribution in [0, 0.1) is 13.8 Å². The number of hydrogen-bond donors (Lipinski definition) is 1. The zero-order chi connectivity index (χ0) is 19.6. The first-order chi connectivity index (χ1) is 12.9. The molecule has 0 saturated heterocycles. The molecule has 1 aromatic heterocycles. The van der Waals surface area contributed by atoms with Crippen molar-refractivity contribution in [2.24, 2.45) is 0 Å². The molecule has 1 N–H and O–H groups in total. The van der Waals surface area contributed by atoms with Crippen LogP contribution < -0.4 is 5.32 Å². The van der Waals surface area contributed by atoms with Gasteiger partial charge in [0, 0.05) is 29.1 Å². The lowest BCUT2D eigenvalue weighted by molar-refractivity contribution is 0.0952. The number of hydrogen-bond acceptors (Lipinski definition) is 3. The Labute approximate surface area is 165 Å². The summed E-state index contributed by atoms with van der Waals surface area (Å²) in [7, 11) is 3.96. The van der Waals surface area contributed by atoms with Crippen molar-refractivity contribution >= 4 is 28.4 Å². The Morgan fingerprint density at radius 3 is 2.48 bits per heavy atom. The molecule has 4 nitrogen and oxygen atoms in total. The minimum atomic E-state index is -0.0996. The summed E-state index contributed by atoms with van der Waals surface area (Å²) in [6, 6.07) is 13.7. The van der Waals surface area contributed by atoms with Gasteiger partial charge in [-0.2, -0.15) is 0 Å². The number of aromatic nitrogens is 1. The van der Waals surface area contributed by atoms with E-state index < -0.39 is 0 Å². The SMILES string of the molecule is Cc1ccc(-c2nc3ccc(Cl)cc3c(C(=O)NCCN(C)C)c2C)cc1. The van der Waals surface area contributed by atoms with Gasteiger partial charge in [0.15, 0.2) is 0 Å². The molecule has 1 amide bonds. The van der Waals surface area contributed by atoms with Crippen LogP contribution in [-0.4, -0.2) is 43.0 Å². The van der Waals surface area contributed by atoms with E-state index in [1.807, 2.05) is 50.2 Å². The predicted molar refractivity (Wildman–Crippen MR) is 113 cm³/mol. The standard InChI is InChI=1S/C22H24ClN3O/c1-14-5-7-16(8-6-14)21-15(2)20(22(27)24-11-12-26(3)4)18-13-17(23)9-10-19(18)25-21/h5-10,13H,11-12H2,1-4H3,(H,24,27). The zero-order valence-corrected chi connectivity index (χ0v) is 16.9. The lowest BCUT2D eigenvalue weighted by Gasteiger charge is -2.16. The Hall–Kier alpha value is -2.43. The third-order valence-electron chi connectivity index (χ3n) is 4.59. The molecular formula is C22H24ClN3O. The molecule has 0 unspecified atom stereocenters. The number of carbonyl (C=O) groups excluding carboxylic acids is 1. The summed E-state index contributed by atoms with van der Waals surface area (Å²) in [6.07, 6.45) is 0. The van der Waals surface area contributed by atoms with Crippen LogP contribution in [0.2, 0.25) is 5.02 Å². The highest BCUT2D eigenvalue weighted by atomic mass is 35.5. The van der Waals surface area contributed by atoms with Gasteiger partial charge in [-0.05, 0) is 51.7 Å². The predicted octanol–water partition coefficient (Wildman–Crippen LogP) is 4.46. The van der Waals surface area contributed by atoms with E-state index in [0.717, 1.165) is 34.3 Å². The fourth-order valence-corrected chi connectivity index (χ4v) is 3.27. The maximum Gasteiger partial charge on any atom is 0.252 e. The average molecular weight is 382 g/mol. The van der Waals surface area contributed by atoms with Gasteiger partial charge >= 0.3 is 0 Å². The van der Waals surface area contributed by atoms with E-state index in [9.17, 15) is 4.79 Å². The molecule has 0 bridgehead atoms. The first-order valence-electron chi connectivity index (χ1n) is 8.96. The topological polar surface area (TPSA) is 45.2 Å². The third-order valence-corrected chi connectivity index (χ3v) is 4.82. The number of pyridine rings is 1. The molecule has 5 heteroatoms. The van der Waals surface area contributed by atoms with Crippen molar-refractivity contribution in [3.8, 4) is 11.3 Å². The molecule has 0 fully saturated rings. The summed E-state index contributed by atoms with van der Waals surface area (Å²) in [4.78, 5) is 19.9. The summed E-state index contributed by atoms with van der Waals surface area (Å²) >= 11 is 6.20. The van der Waals surface area contributed by atoms with Crippen LogP contribution >= 0.6 is 11.6 Å². The van der Waals surface area contributed by atoms with Crippen molar-refractivity contribution in [2.45, 2.75) is 13.8 Å². The van der Waals surface area contributed by atoms with E-state index in [2.05, 4.69) is 24.4 Å². The van der Waals surface area contributed by atoms with Crippen LogP contribution in [0.5, 0.6) is 0 Å². The number of benzene rings is 2. The molecule has 0 aliphatic heterocycles. The highest BCUT2D eigenvalue weighted by Gasteiger charge is 2.19. The summed E-state index contributed by atoms with van der Waals surface area (Å²) in [5, 5.41) is 4.39. The van der Waals surface area contributed by atoms with E-state index in [1.54, 1.807) is 6.07 Å². The first kappa shape index (κ1) is 19.3. The Bertz CT molecular complexity index is 981. The van der Waals surface area contributed by atoms with Gasteiger partial charge in [-0.25, -0.2) is 4.98 Å². The lowest BCUT2D eigenvalue weighted by atomic mass is 9.96. The Kier molecular flexibility index (Phi) is 5.78. The fraction of sp³-hybridized carbons (Fsp3) is 0.273. The molecule has 2 aromatic carbocycles. The highest BCUT2D eigenvalue weighted by molar-refractivity contribution is 6.31. The van der Waals surface area contributed by atoms with Crippen LogP contribution in [0.4, 0.5) is 0 Å². The number of nitrogens with one attached hydrogen (secondary N) is 1. The molecule has 1 heterocycles. The first-order valence-corrected chi connectivity index (χ1v) is 9.34. The van der Waals surface area contributed by atoms with Gasteiger partial charge in [0.25, 0.3) is 5.91 Å². The normalized spacial score (nSPS) is 11.2. The van der Waals surface area contributed by atoms with Crippen molar-refractivity contribution in [3.05, 3.63) is 64.2 Å². The molecular weight excluding hydrogens is 358 g/mol. The Morgan fingerprint density at radius 1 is 1.11 bits per heavy atom. The monoisotopic (exact) mass is 381 g/mol. The van der Waals surface area contributed by atoms with Crippen molar-refractivity contribution in [1.29, 1.82) is 0 Å². The number of carbonyl (C=O) groups is 1.